The Hall–Kier alpha value is -7.02. The van der Waals surface area contributed by atoms with Crippen molar-refractivity contribution in [2.45, 2.75) is 13.8 Å². The fourth-order valence-corrected chi connectivity index (χ4v) is 8.13. The molecule has 53 heavy (non-hydrogen) atoms. The second kappa shape index (κ2) is 12.9. The van der Waals surface area contributed by atoms with Crippen molar-refractivity contribution in [2.24, 2.45) is 0 Å². The summed E-state index contributed by atoms with van der Waals surface area (Å²) < 4.78 is 6.91. The Balaban J connectivity index is 1.34. The van der Waals surface area contributed by atoms with Crippen LogP contribution >= 0.6 is 0 Å². The minimum Gasteiger partial charge on any atom is -0.310 e. The summed E-state index contributed by atoms with van der Waals surface area (Å²) in [4.78, 5) is 0. The maximum Gasteiger partial charge on any atom is 0.106 e. The molecule has 0 radical (unpaired) electrons. The van der Waals surface area contributed by atoms with Crippen molar-refractivity contribution in [1.29, 1.82) is 0 Å². The standard InChI is InChI=1S/C50H37N3/c1-5-20-44-38(7-3)49-40(41-28-19-32-48-50(41)42-26-15-17-30-46(42)53(48)37-23-12-9-13-24-37)27-18-31-47(49)52(44)35(6-2)33-43-34(4)51(36-21-10-8-11-22-36)45-29-16-14-25-39(43)45/h5-17,19-30,32-33H,3-4H2,1-2H3/b20-5-,35-6+,43-33+. The summed E-state index contributed by atoms with van der Waals surface area (Å²) in [6.45, 7) is 13.2. The quantitative estimate of drug-likeness (QED) is 0.159. The summed E-state index contributed by atoms with van der Waals surface area (Å²) >= 11 is 0. The fraction of sp³-hybridized carbons (Fsp3) is 0.0400. The average Bonchev–Trinajstić information content (AvgIpc) is 3.82. The van der Waals surface area contributed by atoms with Crippen LogP contribution in [0.15, 0.2) is 152 Å². The highest BCUT2D eigenvalue weighted by atomic mass is 15.0. The monoisotopic (exact) mass is 679 g/mol. The van der Waals surface area contributed by atoms with Gasteiger partial charge in [0.2, 0.25) is 0 Å². The average molecular weight is 680 g/mol. The summed E-state index contributed by atoms with van der Waals surface area (Å²) in [6, 6.07) is 54.0. The number of aromatic nitrogens is 3. The zero-order chi connectivity index (χ0) is 36.1. The first kappa shape index (κ1) is 31.9. The predicted octanol–water partition coefficient (Wildman–Crippen LogP) is 11.4. The van der Waals surface area contributed by atoms with Gasteiger partial charge in [-0.3, -0.25) is 0 Å². The van der Waals surface area contributed by atoms with Gasteiger partial charge in [-0.2, -0.15) is 0 Å². The third-order valence-corrected chi connectivity index (χ3v) is 10.3. The van der Waals surface area contributed by atoms with Gasteiger partial charge in [0.15, 0.2) is 0 Å². The molecular formula is C50H37N3. The molecule has 0 bridgehead atoms. The Morgan fingerprint density at radius 1 is 0.642 bits per heavy atom. The molecule has 3 heteroatoms. The van der Waals surface area contributed by atoms with Crippen molar-refractivity contribution in [1.82, 2.24) is 13.7 Å². The van der Waals surface area contributed by atoms with Gasteiger partial charge in [0.25, 0.3) is 0 Å². The molecule has 6 aromatic carbocycles. The number of rotatable bonds is 7. The van der Waals surface area contributed by atoms with Crippen LogP contribution in [0.3, 0.4) is 0 Å². The van der Waals surface area contributed by atoms with Crippen molar-refractivity contribution in [3.8, 4) is 22.5 Å². The number of allylic oxidation sites excluding steroid dienone is 3. The minimum atomic E-state index is 0.933. The van der Waals surface area contributed by atoms with E-state index in [1.54, 1.807) is 0 Å². The molecular weight excluding hydrogens is 643 g/mol. The van der Waals surface area contributed by atoms with Gasteiger partial charge in [-0.25, -0.2) is 0 Å². The SMILES string of the molecule is C=Cc1c(/C=C\C)n(C(/C=c2\c(=C)n(-c3ccccc3)c3ccccc23)=C/C)c2c#ccc(-c3cccc4c3c3ccccc3n4-c3ccccc3)c12. The Morgan fingerprint density at radius 3 is 1.94 bits per heavy atom. The lowest BCUT2D eigenvalue weighted by Gasteiger charge is -2.10. The molecule has 0 saturated carbocycles. The molecule has 0 N–H and O–H groups in total. The molecule has 0 saturated heterocycles. The highest BCUT2D eigenvalue weighted by Gasteiger charge is 2.22. The van der Waals surface area contributed by atoms with Crippen LogP contribution in [0.1, 0.15) is 25.1 Å². The van der Waals surface area contributed by atoms with Gasteiger partial charge in [0.1, 0.15) is 5.52 Å². The third kappa shape index (κ3) is 4.92. The molecule has 0 aliphatic rings. The number of para-hydroxylation sites is 4. The lowest BCUT2D eigenvalue weighted by Crippen LogP contribution is -2.27. The van der Waals surface area contributed by atoms with Crippen LogP contribution in [0.4, 0.5) is 0 Å². The van der Waals surface area contributed by atoms with E-state index in [1.165, 1.54) is 16.3 Å². The lowest BCUT2D eigenvalue weighted by atomic mass is 9.95. The van der Waals surface area contributed by atoms with Crippen LogP contribution in [-0.4, -0.2) is 13.7 Å². The Labute approximate surface area is 309 Å². The van der Waals surface area contributed by atoms with Crippen molar-refractivity contribution in [3.63, 3.8) is 0 Å². The first-order valence-electron chi connectivity index (χ1n) is 18.0. The smallest absolute Gasteiger partial charge is 0.106 e. The second-order valence-corrected chi connectivity index (χ2v) is 13.2. The van der Waals surface area contributed by atoms with E-state index >= 15 is 0 Å². The number of hydrogen-bond donors (Lipinski definition) is 0. The summed E-state index contributed by atoms with van der Waals surface area (Å²) in [5.41, 5.74) is 11.9. The minimum absolute atomic E-state index is 0.933. The Bertz CT molecular complexity index is 3040. The van der Waals surface area contributed by atoms with Crippen LogP contribution in [0.2, 0.25) is 0 Å². The summed E-state index contributed by atoms with van der Waals surface area (Å²) in [7, 11) is 0. The van der Waals surface area contributed by atoms with Gasteiger partial charge < -0.3 is 13.7 Å². The van der Waals surface area contributed by atoms with Gasteiger partial charge >= 0.3 is 0 Å². The van der Waals surface area contributed by atoms with Crippen molar-refractivity contribution >= 4 is 74.1 Å². The molecule has 0 fully saturated rings. The highest BCUT2D eigenvalue weighted by molar-refractivity contribution is 6.19. The molecule has 252 valence electrons. The topological polar surface area (TPSA) is 14.8 Å². The zero-order valence-corrected chi connectivity index (χ0v) is 29.8. The Morgan fingerprint density at radius 2 is 1.26 bits per heavy atom. The zero-order valence-electron chi connectivity index (χ0n) is 29.8. The number of benzene rings is 5. The number of nitrogens with zero attached hydrogens (tertiary/aromatic N) is 3. The summed E-state index contributed by atoms with van der Waals surface area (Å²) in [5, 5.41) is 6.65. The second-order valence-electron chi connectivity index (χ2n) is 13.2. The van der Waals surface area contributed by atoms with Crippen LogP contribution < -0.4 is 10.6 Å². The van der Waals surface area contributed by atoms with Crippen molar-refractivity contribution in [2.75, 3.05) is 0 Å². The molecule has 3 aromatic heterocycles. The van der Waals surface area contributed by atoms with E-state index in [2.05, 4.69) is 205 Å². The third-order valence-electron chi connectivity index (χ3n) is 10.3. The van der Waals surface area contributed by atoms with E-state index in [9.17, 15) is 0 Å². The molecule has 0 amide bonds. The van der Waals surface area contributed by atoms with E-state index in [1.807, 2.05) is 12.1 Å². The van der Waals surface area contributed by atoms with Gasteiger partial charge in [-0.15, -0.1) is 0 Å². The number of hydrogen-bond acceptors (Lipinski definition) is 0. The van der Waals surface area contributed by atoms with Gasteiger partial charge in [-0.05, 0) is 86.2 Å². The normalized spacial score (nSPS) is 12.5. The van der Waals surface area contributed by atoms with Crippen LogP contribution in [0.5, 0.6) is 0 Å². The first-order chi connectivity index (χ1) is 26.1. The predicted molar refractivity (Wildman–Crippen MR) is 227 cm³/mol. The Kier molecular flexibility index (Phi) is 7.80. The van der Waals surface area contributed by atoms with E-state index in [4.69, 9.17) is 0 Å². The largest absolute Gasteiger partial charge is 0.310 e. The van der Waals surface area contributed by atoms with Crippen molar-refractivity contribution < 1.29 is 0 Å². The maximum atomic E-state index is 4.64. The van der Waals surface area contributed by atoms with Crippen molar-refractivity contribution in [3.05, 3.63) is 186 Å². The molecule has 3 nitrogen and oxygen atoms in total. The molecule has 9 aromatic rings. The van der Waals surface area contributed by atoms with Gasteiger partial charge in [0, 0.05) is 60.3 Å². The van der Waals surface area contributed by atoms with E-state index < -0.39 is 0 Å². The first-order valence-corrected chi connectivity index (χ1v) is 18.0. The molecule has 0 spiro atoms. The maximum absolute atomic E-state index is 4.64. The van der Waals surface area contributed by atoms with E-state index in [0.717, 1.165) is 77.3 Å². The summed E-state index contributed by atoms with van der Waals surface area (Å²) in [6.07, 6.45) is 10.7. The fourth-order valence-electron chi connectivity index (χ4n) is 8.13. The lowest BCUT2D eigenvalue weighted by molar-refractivity contribution is 1.07. The molecule has 0 atom stereocenters. The molecule has 3 heterocycles. The number of fused-ring (bicyclic) bond motifs is 5. The molecule has 0 unspecified atom stereocenters. The molecule has 9 rings (SSSR count). The van der Waals surface area contributed by atoms with Gasteiger partial charge in [0.05, 0.1) is 22.2 Å². The van der Waals surface area contributed by atoms with E-state index in [0.29, 0.717) is 0 Å². The van der Waals surface area contributed by atoms with Crippen LogP contribution in [0.25, 0.3) is 96.6 Å². The summed E-state index contributed by atoms with van der Waals surface area (Å²) in [5.74, 6) is 0. The van der Waals surface area contributed by atoms with Gasteiger partial charge in [-0.1, -0.05) is 122 Å². The molecule has 0 aliphatic carbocycles. The van der Waals surface area contributed by atoms with Crippen LogP contribution in [-0.2, 0) is 0 Å². The highest BCUT2D eigenvalue weighted by Crippen LogP contribution is 2.43. The molecule has 0 aliphatic heterocycles. The van der Waals surface area contributed by atoms with E-state index in [-0.39, 0.29) is 0 Å². The van der Waals surface area contributed by atoms with Crippen LogP contribution in [0, 0.1) is 12.1 Å².